The Kier molecular flexibility index (Phi) is 6.23. The summed E-state index contributed by atoms with van der Waals surface area (Å²) in [5, 5.41) is 12.3. The van der Waals surface area contributed by atoms with Crippen LogP contribution in [-0.2, 0) is 4.79 Å². The highest BCUT2D eigenvalue weighted by Crippen LogP contribution is 2.29. The van der Waals surface area contributed by atoms with Gasteiger partial charge in [0.05, 0.1) is 42.5 Å². The minimum absolute atomic E-state index is 0.0716. The molecule has 2 N–H and O–H groups in total. The summed E-state index contributed by atoms with van der Waals surface area (Å²) in [5.41, 5.74) is 3.34. The van der Waals surface area contributed by atoms with E-state index in [9.17, 15) is 14.7 Å². The maximum absolute atomic E-state index is 12.8. The van der Waals surface area contributed by atoms with Crippen molar-refractivity contribution in [3.8, 4) is 5.75 Å². The number of imidazole rings is 1. The van der Waals surface area contributed by atoms with Crippen LogP contribution in [0.4, 0.5) is 5.69 Å². The van der Waals surface area contributed by atoms with Gasteiger partial charge in [0.15, 0.2) is 0 Å². The van der Waals surface area contributed by atoms with Gasteiger partial charge in [0, 0.05) is 10.2 Å². The molecular formula is C24H20BrN3O4. The SMILES string of the molecule is COc1ccc(Br)c(C(=O)Nc2ccc3c(c2)ncn3C(CC(=O)O)c2ccccc2)c1. The number of hydrogen-bond acceptors (Lipinski definition) is 4. The molecule has 0 spiro atoms. The van der Waals surface area contributed by atoms with Crippen molar-refractivity contribution in [2.75, 3.05) is 12.4 Å². The third-order valence-corrected chi connectivity index (χ3v) is 5.83. The minimum Gasteiger partial charge on any atom is -0.497 e. The second kappa shape index (κ2) is 9.23. The highest BCUT2D eigenvalue weighted by atomic mass is 79.9. The summed E-state index contributed by atoms with van der Waals surface area (Å²) < 4.78 is 7.71. The molecular weight excluding hydrogens is 474 g/mol. The maximum Gasteiger partial charge on any atom is 0.305 e. The number of aliphatic carboxylic acids is 1. The summed E-state index contributed by atoms with van der Waals surface area (Å²) in [6.45, 7) is 0. The van der Waals surface area contributed by atoms with E-state index in [1.54, 1.807) is 43.8 Å². The fraction of sp³-hybridized carbons (Fsp3) is 0.125. The van der Waals surface area contributed by atoms with Crippen molar-refractivity contribution < 1.29 is 19.4 Å². The number of anilines is 1. The number of hydrogen-bond donors (Lipinski definition) is 2. The fourth-order valence-corrected chi connectivity index (χ4v) is 4.01. The lowest BCUT2D eigenvalue weighted by Crippen LogP contribution is -2.14. The molecule has 0 fully saturated rings. The molecule has 1 amide bonds. The normalized spacial score (nSPS) is 11.8. The smallest absolute Gasteiger partial charge is 0.305 e. The summed E-state index contributed by atoms with van der Waals surface area (Å²) >= 11 is 3.39. The average molecular weight is 494 g/mol. The van der Waals surface area contributed by atoms with Crippen LogP contribution in [0.3, 0.4) is 0 Å². The van der Waals surface area contributed by atoms with Crippen molar-refractivity contribution in [3.63, 3.8) is 0 Å². The molecule has 0 aliphatic carbocycles. The summed E-state index contributed by atoms with van der Waals surface area (Å²) in [5.74, 6) is -0.603. The van der Waals surface area contributed by atoms with E-state index >= 15 is 0 Å². The quantitative estimate of drug-likeness (QED) is 0.372. The van der Waals surface area contributed by atoms with E-state index in [-0.39, 0.29) is 12.3 Å². The van der Waals surface area contributed by atoms with Crippen LogP contribution >= 0.6 is 15.9 Å². The van der Waals surface area contributed by atoms with Crippen molar-refractivity contribution >= 4 is 44.5 Å². The Morgan fingerprint density at radius 1 is 1.12 bits per heavy atom. The number of nitrogens with zero attached hydrogens (tertiary/aromatic N) is 2. The number of carbonyl (C=O) groups excluding carboxylic acids is 1. The predicted molar refractivity (Wildman–Crippen MR) is 125 cm³/mol. The number of nitrogens with one attached hydrogen (secondary N) is 1. The van der Waals surface area contributed by atoms with Crippen LogP contribution in [0.1, 0.15) is 28.4 Å². The van der Waals surface area contributed by atoms with Gasteiger partial charge in [-0.15, -0.1) is 0 Å². The number of methoxy groups -OCH3 is 1. The van der Waals surface area contributed by atoms with Crippen LogP contribution in [0.2, 0.25) is 0 Å². The Morgan fingerprint density at radius 2 is 1.91 bits per heavy atom. The number of fused-ring (bicyclic) bond motifs is 1. The molecule has 8 heteroatoms. The van der Waals surface area contributed by atoms with Gasteiger partial charge in [0.2, 0.25) is 0 Å². The van der Waals surface area contributed by atoms with E-state index < -0.39 is 12.0 Å². The Hall–Kier alpha value is -3.65. The molecule has 0 aliphatic rings. The predicted octanol–water partition coefficient (Wildman–Crippen LogP) is 5.12. The molecule has 32 heavy (non-hydrogen) atoms. The zero-order valence-electron chi connectivity index (χ0n) is 17.2. The summed E-state index contributed by atoms with van der Waals surface area (Å²) in [4.78, 5) is 28.7. The number of benzene rings is 3. The lowest BCUT2D eigenvalue weighted by molar-refractivity contribution is -0.137. The van der Waals surface area contributed by atoms with Crippen LogP contribution in [0.5, 0.6) is 5.75 Å². The van der Waals surface area contributed by atoms with Crippen molar-refractivity contribution in [1.82, 2.24) is 9.55 Å². The van der Waals surface area contributed by atoms with Gasteiger partial charge >= 0.3 is 5.97 Å². The molecule has 0 radical (unpaired) electrons. The lowest BCUT2D eigenvalue weighted by atomic mass is 10.0. The first kappa shape index (κ1) is 21.6. The molecule has 0 saturated carbocycles. The highest BCUT2D eigenvalue weighted by molar-refractivity contribution is 9.10. The van der Waals surface area contributed by atoms with Crippen LogP contribution < -0.4 is 10.1 Å². The number of halogens is 1. The second-order valence-corrected chi connectivity index (χ2v) is 8.03. The fourth-order valence-electron chi connectivity index (χ4n) is 3.58. The first-order valence-corrected chi connectivity index (χ1v) is 10.6. The number of aromatic nitrogens is 2. The van der Waals surface area contributed by atoms with Crippen LogP contribution in [0, 0.1) is 0 Å². The summed E-state index contributed by atoms with van der Waals surface area (Å²) in [7, 11) is 1.54. The lowest BCUT2D eigenvalue weighted by Gasteiger charge is -2.18. The number of rotatable bonds is 7. The topological polar surface area (TPSA) is 93.5 Å². The Labute approximate surface area is 192 Å². The second-order valence-electron chi connectivity index (χ2n) is 7.18. The number of carboxylic acids is 1. The number of carbonyl (C=O) groups is 2. The van der Waals surface area contributed by atoms with Gasteiger partial charge in [0.25, 0.3) is 5.91 Å². The molecule has 4 aromatic rings. The van der Waals surface area contributed by atoms with Gasteiger partial charge in [-0.1, -0.05) is 30.3 Å². The molecule has 7 nitrogen and oxygen atoms in total. The third-order valence-electron chi connectivity index (χ3n) is 5.14. The Balaban J connectivity index is 1.64. The van der Waals surface area contributed by atoms with Gasteiger partial charge in [-0.25, -0.2) is 4.98 Å². The molecule has 3 aromatic carbocycles. The van der Waals surface area contributed by atoms with Gasteiger partial charge in [-0.3, -0.25) is 9.59 Å². The van der Waals surface area contributed by atoms with Gasteiger partial charge < -0.3 is 19.7 Å². The van der Waals surface area contributed by atoms with Crippen LogP contribution in [-0.4, -0.2) is 33.6 Å². The summed E-state index contributed by atoms with van der Waals surface area (Å²) in [6, 6.07) is 19.6. The first-order valence-electron chi connectivity index (χ1n) is 9.84. The minimum atomic E-state index is -0.895. The standard InChI is InChI=1S/C24H20BrN3O4/c1-32-17-8-9-19(25)18(12-17)24(31)27-16-7-10-21-20(11-16)26-14-28(21)22(13-23(29)30)15-5-3-2-4-6-15/h2-12,14,22H,13H2,1H3,(H,27,31)(H,29,30). The average Bonchev–Trinajstić information content (AvgIpc) is 3.21. The van der Waals surface area contributed by atoms with Gasteiger partial charge in [-0.2, -0.15) is 0 Å². The number of carboxylic acid groups (broad SMARTS) is 1. The summed E-state index contributed by atoms with van der Waals surface area (Å²) in [6.07, 6.45) is 1.56. The van der Waals surface area contributed by atoms with Crippen LogP contribution in [0.25, 0.3) is 11.0 Å². The van der Waals surface area contributed by atoms with Gasteiger partial charge in [0.1, 0.15) is 5.75 Å². The molecule has 1 atom stereocenters. The Morgan fingerprint density at radius 3 is 2.62 bits per heavy atom. The zero-order chi connectivity index (χ0) is 22.7. The molecule has 1 heterocycles. The largest absolute Gasteiger partial charge is 0.497 e. The molecule has 162 valence electrons. The molecule has 1 unspecified atom stereocenters. The Bertz CT molecular complexity index is 1290. The van der Waals surface area contributed by atoms with E-state index in [0.29, 0.717) is 27.0 Å². The van der Waals surface area contributed by atoms with Crippen molar-refractivity contribution in [2.45, 2.75) is 12.5 Å². The monoisotopic (exact) mass is 493 g/mol. The molecule has 0 aliphatic heterocycles. The maximum atomic E-state index is 12.8. The highest BCUT2D eigenvalue weighted by Gasteiger charge is 2.20. The molecule has 1 aromatic heterocycles. The first-order chi connectivity index (χ1) is 15.5. The third kappa shape index (κ3) is 4.50. The molecule has 0 bridgehead atoms. The number of ether oxygens (including phenoxy) is 1. The van der Waals surface area contributed by atoms with Crippen LogP contribution in [0.15, 0.2) is 77.5 Å². The molecule has 4 rings (SSSR count). The van der Waals surface area contributed by atoms with E-state index in [1.807, 2.05) is 41.0 Å². The van der Waals surface area contributed by atoms with E-state index in [1.165, 1.54) is 0 Å². The van der Waals surface area contributed by atoms with Crippen molar-refractivity contribution in [3.05, 3.63) is 88.7 Å². The number of amides is 1. The van der Waals surface area contributed by atoms with E-state index in [2.05, 4.69) is 26.2 Å². The molecule has 0 saturated heterocycles. The van der Waals surface area contributed by atoms with Gasteiger partial charge in [-0.05, 0) is 57.9 Å². The zero-order valence-corrected chi connectivity index (χ0v) is 18.7. The van der Waals surface area contributed by atoms with E-state index in [4.69, 9.17) is 4.74 Å². The van der Waals surface area contributed by atoms with Crippen molar-refractivity contribution in [1.29, 1.82) is 0 Å². The van der Waals surface area contributed by atoms with Crippen molar-refractivity contribution in [2.24, 2.45) is 0 Å². The van der Waals surface area contributed by atoms with E-state index in [0.717, 1.165) is 11.1 Å².